The van der Waals surface area contributed by atoms with Crippen LogP contribution in [0.4, 0.5) is 4.39 Å². The van der Waals surface area contributed by atoms with Gasteiger partial charge in [0.15, 0.2) is 6.61 Å². The van der Waals surface area contributed by atoms with E-state index in [9.17, 15) is 14.0 Å². The lowest BCUT2D eigenvalue weighted by Crippen LogP contribution is -2.34. The molecule has 1 amide bonds. The van der Waals surface area contributed by atoms with Crippen molar-refractivity contribution in [3.8, 4) is 11.5 Å². The predicted molar refractivity (Wildman–Crippen MR) is 92.4 cm³/mol. The van der Waals surface area contributed by atoms with Crippen molar-refractivity contribution in [2.24, 2.45) is 0 Å². The van der Waals surface area contributed by atoms with E-state index >= 15 is 0 Å². The van der Waals surface area contributed by atoms with Gasteiger partial charge in [-0.25, -0.2) is 4.39 Å². The molecule has 0 bridgehead atoms. The Morgan fingerprint density at radius 1 is 1.00 bits per heavy atom. The van der Waals surface area contributed by atoms with Gasteiger partial charge in [-0.1, -0.05) is 12.1 Å². The zero-order valence-corrected chi connectivity index (χ0v) is 14.5. The Kier molecular flexibility index (Phi) is 6.96. The van der Waals surface area contributed by atoms with Gasteiger partial charge < -0.3 is 19.5 Å². The number of nitrogens with one attached hydrogen (secondary N) is 1. The molecule has 0 saturated heterocycles. The zero-order valence-electron chi connectivity index (χ0n) is 14.5. The van der Waals surface area contributed by atoms with Gasteiger partial charge >= 0.3 is 5.97 Å². The Labute approximate surface area is 150 Å². The van der Waals surface area contributed by atoms with E-state index in [1.807, 2.05) is 0 Å². The SMILES string of the molecule is COC(=O)C[C@@H](NC(=O)COc1ccc(OC)cc1)c1ccc(F)cc1. The number of amides is 1. The van der Waals surface area contributed by atoms with Gasteiger partial charge in [0, 0.05) is 0 Å². The molecule has 0 aliphatic rings. The van der Waals surface area contributed by atoms with Gasteiger partial charge in [-0.15, -0.1) is 0 Å². The van der Waals surface area contributed by atoms with Gasteiger partial charge in [-0.05, 0) is 42.0 Å². The van der Waals surface area contributed by atoms with Crippen LogP contribution in [0.5, 0.6) is 11.5 Å². The second kappa shape index (κ2) is 9.41. The first kappa shape index (κ1) is 19.2. The highest BCUT2D eigenvalue weighted by Crippen LogP contribution is 2.19. The summed E-state index contributed by atoms with van der Waals surface area (Å²) in [6.07, 6.45) is -0.0730. The number of benzene rings is 2. The van der Waals surface area contributed by atoms with Crippen molar-refractivity contribution in [1.29, 1.82) is 0 Å². The average molecular weight is 361 g/mol. The summed E-state index contributed by atoms with van der Waals surface area (Å²) in [5.74, 6) is -0.127. The van der Waals surface area contributed by atoms with Crippen LogP contribution in [0.15, 0.2) is 48.5 Å². The Balaban J connectivity index is 1.98. The molecule has 0 aliphatic heterocycles. The first-order valence-corrected chi connectivity index (χ1v) is 7.90. The number of hydrogen-bond acceptors (Lipinski definition) is 5. The van der Waals surface area contributed by atoms with Crippen molar-refractivity contribution in [1.82, 2.24) is 5.32 Å². The maximum Gasteiger partial charge on any atom is 0.307 e. The van der Waals surface area contributed by atoms with E-state index in [0.29, 0.717) is 17.1 Å². The Bertz CT molecular complexity index is 731. The molecule has 2 rings (SSSR count). The molecule has 0 aliphatic carbocycles. The van der Waals surface area contributed by atoms with Gasteiger partial charge in [0.25, 0.3) is 5.91 Å². The summed E-state index contributed by atoms with van der Waals surface area (Å²) in [7, 11) is 2.82. The molecule has 0 aromatic heterocycles. The molecule has 0 unspecified atom stereocenters. The first-order chi connectivity index (χ1) is 12.5. The first-order valence-electron chi connectivity index (χ1n) is 7.90. The summed E-state index contributed by atoms with van der Waals surface area (Å²) < 4.78 is 28.2. The van der Waals surface area contributed by atoms with Crippen LogP contribution in [0.25, 0.3) is 0 Å². The van der Waals surface area contributed by atoms with E-state index in [4.69, 9.17) is 9.47 Å². The average Bonchev–Trinajstić information content (AvgIpc) is 2.66. The summed E-state index contributed by atoms with van der Waals surface area (Å²) in [6.45, 7) is -0.231. The van der Waals surface area contributed by atoms with Gasteiger partial charge in [-0.3, -0.25) is 9.59 Å². The van der Waals surface area contributed by atoms with Crippen molar-refractivity contribution in [3.05, 3.63) is 59.9 Å². The van der Waals surface area contributed by atoms with Crippen LogP contribution >= 0.6 is 0 Å². The van der Waals surface area contributed by atoms with Crippen LogP contribution < -0.4 is 14.8 Å². The maximum absolute atomic E-state index is 13.1. The summed E-state index contributed by atoms with van der Waals surface area (Å²) in [6, 6.07) is 11.7. The van der Waals surface area contributed by atoms with Crippen LogP contribution in [0.3, 0.4) is 0 Å². The lowest BCUT2D eigenvalue weighted by Gasteiger charge is -2.18. The van der Waals surface area contributed by atoms with Crippen LogP contribution in [0.1, 0.15) is 18.0 Å². The quantitative estimate of drug-likeness (QED) is 0.732. The topological polar surface area (TPSA) is 73.9 Å². The highest BCUT2D eigenvalue weighted by molar-refractivity contribution is 5.79. The molecule has 138 valence electrons. The number of carbonyl (C=O) groups excluding carboxylic acids is 2. The molecule has 6 nitrogen and oxygen atoms in total. The van der Waals surface area contributed by atoms with E-state index in [2.05, 4.69) is 10.1 Å². The third-order valence-corrected chi connectivity index (χ3v) is 3.64. The van der Waals surface area contributed by atoms with Crippen LogP contribution in [-0.4, -0.2) is 32.7 Å². The Morgan fingerprint density at radius 2 is 1.62 bits per heavy atom. The highest BCUT2D eigenvalue weighted by Gasteiger charge is 2.19. The minimum absolute atomic E-state index is 0.0730. The number of halogens is 1. The van der Waals surface area contributed by atoms with Crippen LogP contribution in [0, 0.1) is 5.82 Å². The maximum atomic E-state index is 13.1. The predicted octanol–water partition coefficient (Wildman–Crippen LogP) is 2.63. The molecular formula is C19H20FNO5. The fraction of sp³-hybridized carbons (Fsp3) is 0.263. The van der Waals surface area contributed by atoms with E-state index in [-0.39, 0.29) is 13.0 Å². The molecule has 0 radical (unpaired) electrons. The monoisotopic (exact) mass is 361 g/mol. The van der Waals surface area contributed by atoms with Crippen molar-refractivity contribution < 1.29 is 28.2 Å². The van der Waals surface area contributed by atoms with E-state index in [0.717, 1.165) is 0 Å². The second-order valence-corrected chi connectivity index (χ2v) is 5.42. The van der Waals surface area contributed by atoms with Gasteiger partial charge in [0.2, 0.25) is 0 Å². The van der Waals surface area contributed by atoms with Crippen molar-refractivity contribution in [2.75, 3.05) is 20.8 Å². The summed E-state index contributed by atoms with van der Waals surface area (Å²) in [4.78, 5) is 23.8. The number of hydrogen-bond donors (Lipinski definition) is 1. The summed E-state index contributed by atoms with van der Waals surface area (Å²) in [5, 5.41) is 2.70. The number of carbonyl (C=O) groups is 2. The third-order valence-electron chi connectivity index (χ3n) is 3.64. The van der Waals surface area contributed by atoms with Crippen molar-refractivity contribution >= 4 is 11.9 Å². The minimum atomic E-state index is -0.644. The van der Waals surface area contributed by atoms with Crippen molar-refractivity contribution in [2.45, 2.75) is 12.5 Å². The number of rotatable bonds is 8. The molecule has 0 spiro atoms. The van der Waals surface area contributed by atoms with Crippen LogP contribution in [-0.2, 0) is 14.3 Å². The zero-order chi connectivity index (χ0) is 18.9. The third kappa shape index (κ3) is 5.77. The number of esters is 1. The molecule has 7 heteroatoms. The van der Waals surface area contributed by atoms with Gasteiger partial charge in [0.05, 0.1) is 26.7 Å². The van der Waals surface area contributed by atoms with Crippen molar-refractivity contribution in [3.63, 3.8) is 0 Å². The second-order valence-electron chi connectivity index (χ2n) is 5.42. The largest absolute Gasteiger partial charge is 0.497 e. The molecule has 1 atom stereocenters. The fourth-order valence-electron chi connectivity index (χ4n) is 2.25. The molecular weight excluding hydrogens is 341 g/mol. The molecule has 26 heavy (non-hydrogen) atoms. The standard InChI is InChI=1S/C19H20FNO5/c1-24-15-7-9-16(10-8-15)26-12-18(22)21-17(11-19(23)25-2)13-3-5-14(20)6-4-13/h3-10,17H,11-12H2,1-2H3,(H,21,22)/t17-/m1/s1. The Morgan fingerprint density at radius 3 is 2.19 bits per heavy atom. The van der Waals surface area contributed by atoms with Crippen LogP contribution in [0.2, 0.25) is 0 Å². The molecule has 0 saturated carbocycles. The molecule has 0 heterocycles. The fourth-order valence-corrected chi connectivity index (χ4v) is 2.25. The minimum Gasteiger partial charge on any atom is -0.497 e. The molecule has 0 fully saturated rings. The van der Waals surface area contributed by atoms with Gasteiger partial charge in [-0.2, -0.15) is 0 Å². The molecule has 2 aromatic rings. The summed E-state index contributed by atoms with van der Waals surface area (Å²) >= 11 is 0. The Hall–Kier alpha value is -3.09. The lowest BCUT2D eigenvalue weighted by atomic mass is 10.0. The summed E-state index contributed by atoms with van der Waals surface area (Å²) in [5.41, 5.74) is 0.592. The van der Waals surface area contributed by atoms with Gasteiger partial charge in [0.1, 0.15) is 17.3 Å². The smallest absolute Gasteiger partial charge is 0.307 e. The van der Waals surface area contributed by atoms with E-state index in [1.54, 1.807) is 31.4 Å². The van der Waals surface area contributed by atoms with E-state index in [1.165, 1.54) is 31.4 Å². The lowest BCUT2D eigenvalue weighted by molar-refractivity contribution is -0.141. The number of ether oxygens (including phenoxy) is 3. The molecule has 2 aromatic carbocycles. The highest BCUT2D eigenvalue weighted by atomic mass is 19.1. The van der Waals surface area contributed by atoms with E-state index < -0.39 is 23.7 Å². The normalized spacial score (nSPS) is 11.3. The molecule has 1 N–H and O–H groups in total. The number of methoxy groups -OCH3 is 2.